The molecular weight excluding hydrogens is 300 g/mol. The number of hydrogen-bond acceptors (Lipinski definition) is 6. The predicted octanol–water partition coefficient (Wildman–Crippen LogP) is 1.61. The number of nitro benzene ring substituents is 1. The van der Waals surface area contributed by atoms with E-state index in [1.54, 1.807) is 0 Å². The Hall–Kier alpha value is -2.00. The molecule has 0 spiro atoms. The highest BCUT2D eigenvalue weighted by Crippen LogP contribution is 2.36. The second kappa shape index (κ2) is 7.32. The van der Waals surface area contributed by atoms with Crippen LogP contribution >= 0.6 is 0 Å². The molecule has 1 N–H and O–H groups in total. The molecule has 0 bridgehead atoms. The first-order valence-corrected chi connectivity index (χ1v) is 6.74. The van der Waals surface area contributed by atoms with E-state index in [-0.39, 0.29) is 17.2 Å². The summed E-state index contributed by atoms with van der Waals surface area (Å²) >= 11 is 0. The van der Waals surface area contributed by atoms with Crippen LogP contribution in [0.25, 0.3) is 0 Å². The van der Waals surface area contributed by atoms with Crippen LogP contribution in [-0.2, 0) is 6.54 Å². The fourth-order valence-electron chi connectivity index (χ4n) is 2.35. The molecule has 0 unspecified atom stereocenters. The number of nitro groups is 1. The summed E-state index contributed by atoms with van der Waals surface area (Å²) in [6.07, 6.45) is 0. The molecule has 0 aromatic heterocycles. The summed E-state index contributed by atoms with van der Waals surface area (Å²) in [6.45, 7) is 0.398. The van der Waals surface area contributed by atoms with Crippen LogP contribution < -0.4 is 14.8 Å². The molecule has 1 heterocycles. The van der Waals surface area contributed by atoms with Crippen LogP contribution in [0.3, 0.4) is 0 Å². The van der Waals surface area contributed by atoms with Crippen LogP contribution in [0.5, 0.6) is 11.5 Å². The first-order valence-electron chi connectivity index (χ1n) is 6.74. The van der Waals surface area contributed by atoms with Gasteiger partial charge in [0.15, 0.2) is 11.5 Å². The fraction of sp³-hybridized carbons (Fsp3) is 0.538. The molecule has 0 radical (unpaired) electrons. The van der Waals surface area contributed by atoms with Gasteiger partial charge in [-0.1, -0.05) is 0 Å². The first kappa shape index (κ1) is 16.4. The molecule has 0 amide bonds. The summed E-state index contributed by atoms with van der Waals surface area (Å²) in [5.74, 6) is -0.288. The predicted molar refractivity (Wildman–Crippen MR) is 74.4 cm³/mol. The quantitative estimate of drug-likeness (QED) is 0.634. The Labute approximate surface area is 126 Å². The number of ether oxygens (including phenoxy) is 2. The van der Waals surface area contributed by atoms with Crippen molar-refractivity contribution >= 4 is 5.69 Å². The number of piperazine rings is 1. The Kier molecular flexibility index (Phi) is 5.45. The number of rotatable bonds is 6. The number of methoxy groups -OCH3 is 1. The maximum Gasteiger partial charge on any atom is 0.387 e. The molecule has 0 saturated carbocycles. The standard InChI is InChI=1S/C13H17F2N3O4/c1-21-11-6-9(8-17-4-2-16-3-5-17)10(18(19)20)7-12(11)22-13(14)15/h6-7,13,16H,2-5,8H2,1H3. The Bertz CT molecular complexity index is 536. The second-order valence-corrected chi connectivity index (χ2v) is 4.79. The average molecular weight is 317 g/mol. The van der Waals surface area contributed by atoms with E-state index in [0.29, 0.717) is 12.1 Å². The van der Waals surface area contributed by atoms with Crippen molar-refractivity contribution in [2.45, 2.75) is 13.2 Å². The van der Waals surface area contributed by atoms with Gasteiger partial charge in [-0.3, -0.25) is 15.0 Å². The lowest BCUT2D eigenvalue weighted by molar-refractivity contribution is -0.385. The molecule has 2 rings (SSSR count). The maximum atomic E-state index is 12.4. The Balaban J connectivity index is 2.31. The minimum absolute atomic E-state index is 0.0519. The van der Waals surface area contributed by atoms with Gasteiger partial charge in [0.2, 0.25) is 0 Å². The van der Waals surface area contributed by atoms with E-state index in [9.17, 15) is 18.9 Å². The Morgan fingerprint density at radius 3 is 2.59 bits per heavy atom. The van der Waals surface area contributed by atoms with E-state index < -0.39 is 11.5 Å². The topological polar surface area (TPSA) is 76.9 Å². The van der Waals surface area contributed by atoms with Crippen molar-refractivity contribution < 1.29 is 23.2 Å². The third kappa shape index (κ3) is 4.01. The van der Waals surface area contributed by atoms with Gasteiger partial charge in [-0.05, 0) is 6.07 Å². The van der Waals surface area contributed by atoms with Crippen molar-refractivity contribution in [3.8, 4) is 11.5 Å². The largest absolute Gasteiger partial charge is 0.493 e. The fourth-order valence-corrected chi connectivity index (χ4v) is 2.35. The van der Waals surface area contributed by atoms with E-state index in [1.165, 1.54) is 13.2 Å². The van der Waals surface area contributed by atoms with Crippen LogP contribution in [-0.4, -0.2) is 49.7 Å². The van der Waals surface area contributed by atoms with E-state index in [2.05, 4.69) is 10.1 Å². The normalized spacial score (nSPS) is 15.8. The van der Waals surface area contributed by atoms with Crippen molar-refractivity contribution in [1.29, 1.82) is 0 Å². The van der Waals surface area contributed by atoms with Gasteiger partial charge < -0.3 is 14.8 Å². The Morgan fingerprint density at radius 2 is 2.05 bits per heavy atom. The van der Waals surface area contributed by atoms with E-state index in [1.807, 2.05) is 4.90 Å². The highest BCUT2D eigenvalue weighted by Gasteiger charge is 2.23. The van der Waals surface area contributed by atoms with E-state index >= 15 is 0 Å². The van der Waals surface area contributed by atoms with Gasteiger partial charge in [-0.2, -0.15) is 8.78 Å². The molecular formula is C13H17F2N3O4. The van der Waals surface area contributed by atoms with Crippen LogP contribution in [0.15, 0.2) is 12.1 Å². The SMILES string of the molecule is COc1cc(CN2CCNCC2)c([N+](=O)[O-])cc1OC(F)F. The van der Waals surface area contributed by atoms with Crippen LogP contribution in [0.1, 0.15) is 5.56 Å². The summed E-state index contributed by atoms with van der Waals surface area (Å²) < 4.78 is 34.0. The lowest BCUT2D eigenvalue weighted by Crippen LogP contribution is -2.42. The second-order valence-electron chi connectivity index (χ2n) is 4.79. The first-order chi connectivity index (χ1) is 10.5. The number of hydrogen-bond donors (Lipinski definition) is 1. The molecule has 9 heteroatoms. The monoisotopic (exact) mass is 317 g/mol. The zero-order chi connectivity index (χ0) is 16.1. The van der Waals surface area contributed by atoms with Crippen molar-refractivity contribution in [3.05, 3.63) is 27.8 Å². The molecule has 1 aliphatic rings. The number of alkyl halides is 2. The molecule has 0 atom stereocenters. The van der Waals surface area contributed by atoms with Gasteiger partial charge in [0.1, 0.15) is 0 Å². The van der Waals surface area contributed by atoms with Crippen LogP contribution in [0.4, 0.5) is 14.5 Å². The smallest absolute Gasteiger partial charge is 0.387 e. The van der Waals surface area contributed by atoms with Gasteiger partial charge in [-0.15, -0.1) is 0 Å². The molecule has 22 heavy (non-hydrogen) atoms. The minimum atomic E-state index is -3.08. The zero-order valence-corrected chi connectivity index (χ0v) is 12.1. The molecule has 1 saturated heterocycles. The van der Waals surface area contributed by atoms with Gasteiger partial charge in [0.05, 0.1) is 18.1 Å². The summed E-state index contributed by atoms with van der Waals surface area (Å²) in [4.78, 5) is 12.6. The van der Waals surface area contributed by atoms with Gasteiger partial charge >= 0.3 is 6.61 Å². The van der Waals surface area contributed by atoms with Crippen molar-refractivity contribution in [2.24, 2.45) is 0 Å². The van der Waals surface area contributed by atoms with Gasteiger partial charge in [-0.25, -0.2) is 0 Å². The van der Waals surface area contributed by atoms with Crippen molar-refractivity contribution in [1.82, 2.24) is 10.2 Å². The highest BCUT2D eigenvalue weighted by molar-refractivity contribution is 5.54. The van der Waals surface area contributed by atoms with Crippen LogP contribution in [0, 0.1) is 10.1 Å². The minimum Gasteiger partial charge on any atom is -0.493 e. The third-order valence-corrected chi connectivity index (χ3v) is 3.38. The molecule has 1 aromatic rings. The molecule has 1 aliphatic heterocycles. The lowest BCUT2D eigenvalue weighted by Gasteiger charge is -2.27. The van der Waals surface area contributed by atoms with Crippen molar-refractivity contribution in [3.63, 3.8) is 0 Å². The van der Waals surface area contributed by atoms with E-state index in [0.717, 1.165) is 32.2 Å². The number of nitrogens with zero attached hydrogens (tertiary/aromatic N) is 2. The molecule has 7 nitrogen and oxygen atoms in total. The summed E-state index contributed by atoms with van der Waals surface area (Å²) in [5, 5.41) is 14.4. The summed E-state index contributed by atoms with van der Waals surface area (Å²) in [6, 6.07) is 2.38. The number of benzene rings is 1. The van der Waals surface area contributed by atoms with E-state index in [4.69, 9.17) is 4.74 Å². The number of nitrogens with one attached hydrogen (secondary N) is 1. The third-order valence-electron chi connectivity index (χ3n) is 3.38. The maximum absolute atomic E-state index is 12.4. The Morgan fingerprint density at radius 1 is 1.36 bits per heavy atom. The van der Waals surface area contributed by atoms with Gasteiger partial charge in [0, 0.05) is 38.3 Å². The van der Waals surface area contributed by atoms with Gasteiger partial charge in [0.25, 0.3) is 5.69 Å². The molecule has 1 aromatic carbocycles. The number of halogens is 2. The lowest BCUT2D eigenvalue weighted by atomic mass is 10.1. The van der Waals surface area contributed by atoms with Crippen LogP contribution in [0.2, 0.25) is 0 Å². The summed E-state index contributed by atoms with van der Waals surface area (Å²) in [7, 11) is 1.30. The molecule has 0 aliphatic carbocycles. The zero-order valence-electron chi connectivity index (χ0n) is 12.1. The molecule has 122 valence electrons. The summed E-state index contributed by atoms with van der Waals surface area (Å²) in [5.41, 5.74) is 0.153. The average Bonchev–Trinajstić information content (AvgIpc) is 2.48. The highest BCUT2D eigenvalue weighted by atomic mass is 19.3. The van der Waals surface area contributed by atoms with Crippen molar-refractivity contribution in [2.75, 3.05) is 33.3 Å². The molecule has 1 fully saturated rings.